The van der Waals surface area contributed by atoms with Gasteiger partial charge in [-0.3, -0.25) is 0 Å². The Balaban J connectivity index is 3.53. The highest BCUT2D eigenvalue weighted by atomic mass is 35.5. The van der Waals surface area contributed by atoms with E-state index in [0.29, 0.717) is 0 Å². The molecule has 74 valence electrons. The highest BCUT2D eigenvalue weighted by Gasteiger charge is 2.10. The largest absolute Gasteiger partial charge is 0.126 e. The Labute approximate surface area is 82.7 Å². The van der Waals surface area contributed by atoms with Crippen LogP contribution in [-0.4, -0.2) is 5.88 Å². The van der Waals surface area contributed by atoms with Gasteiger partial charge >= 0.3 is 0 Å². The molecule has 0 saturated carbocycles. The van der Waals surface area contributed by atoms with Gasteiger partial charge in [0.15, 0.2) is 0 Å². The molecule has 0 amide bonds. The van der Waals surface area contributed by atoms with E-state index in [9.17, 15) is 0 Å². The average molecular weight is 191 g/mol. The number of alkyl halides is 1. The van der Waals surface area contributed by atoms with Crippen molar-refractivity contribution in [2.75, 3.05) is 5.88 Å². The van der Waals surface area contributed by atoms with Gasteiger partial charge in [0.2, 0.25) is 0 Å². The molecule has 2 unspecified atom stereocenters. The minimum Gasteiger partial charge on any atom is -0.126 e. The first-order valence-corrected chi connectivity index (χ1v) is 5.83. The topological polar surface area (TPSA) is 0 Å². The molecule has 0 aromatic rings. The van der Waals surface area contributed by atoms with Crippen LogP contribution >= 0.6 is 11.6 Å². The summed E-state index contributed by atoms with van der Waals surface area (Å²) in [6, 6.07) is 0. The first-order valence-electron chi connectivity index (χ1n) is 5.30. The Morgan fingerprint density at radius 1 is 1.08 bits per heavy atom. The first kappa shape index (κ1) is 12.3. The second-order valence-corrected chi connectivity index (χ2v) is 4.25. The van der Waals surface area contributed by atoms with E-state index < -0.39 is 0 Å². The Hall–Kier alpha value is 0.290. The Kier molecular flexibility index (Phi) is 8.11. The molecular weight excluding hydrogens is 168 g/mol. The summed E-state index contributed by atoms with van der Waals surface area (Å²) in [5.41, 5.74) is 0. The van der Waals surface area contributed by atoms with Crippen molar-refractivity contribution in [3.05, 3.63) is 0 Å². The monoisotopic (exact) mass is 190 g/mol. The average Bonchev–Trinajstić information content (AvgIpc) is 2.04. The minimum atomic E-state index is 0.762. The summed E-state index contributed by atoms with van der Waals surface area (Å²) >= 11 is 5.89. The van der Waals surface area contributed by atoms with Crippen LogP contribution in [0.25, 0.3) is 0 Å². The van der Waals surface area contributed by atoms with E-state index in [1.54, 1.807) is 0 Å². The second kappa shape index (κ2) is 7.91. The van der Waals surface area contributed by atoms with E-state index in [4.69, 9.17) is 11.6 Å². The van der Waals surface area contributed by atoms with Crippen LogP contribution in [0.2, 0.25) is 0 Å². The van der Waals surface area contributed by atoms with Crippen LogP contribution in [-0.2, 0) is 0 Å². The molecule has 2 atom stereocenters. The lowest BCUT2D eigenvalue weighted by atomic mass is 9.91. The van der Waals surface area contributed by atoms with Crippen molar-refractivity contribution < 1.29 is 0 Å². The van der Waals surface area contributed by atoms with E-state index >= 15 is 0 Å². The van der Waals surface area contributed by atoms with Crippen LogP contribution in [0.5, 0.6) is 0 Å². The number of rotatable bonds is 7. The van der Waals surface area contributed by atoms with E-state index in [1.807, 2.05) is 0 Å². The molecule has 0 aromatic carbocycles. The summed E-state index contributed by atoms with van der Waals surface area (Å²) in [5.74, 6) is 2.48. The Morgan fingerprint density at radius 2 is 1.67 bits per heavy atom. The standard InChI is InChI=1S/C11H23Cl/c1-4-6-10(3)8-11(9-12)7-5-2/h10-11H,4-9H2,1-3H3. The zero-order valence-electron chi connectivity index (χ0n) is 8.78. The quantitative estimate of drug-likeness (QED) is 0.520. The van der Waals surface area contributed by atoms with Crippen molar-refractivity contribution in [3.8, 4) is 0 Å². The molecule has 0 aliphatic rings. The van der Waals surface area contributed by atoms with Gasteiger partial charge in [0.25, 0.3) is 0 Å². The molecule has 0 saturated heterocycles. The lowest BCUT2D eigenvalue weighted by Gasteiger charge is -2.17. The van der Waals surface area contributed by atoms with Gasteiger partial charge in [-0.15, -0.1) is 11.6 Å². The smallest absolute Gasteiger partial charge is 0.0251 e. The summed E-state index contributed by atoms with van der Waals surface area (Å²) in [7, 11) is 0. The van der Waals surface area contributed by atoms with Crippen LogP contribution < -0.4 is 0 Å². The second-order valence-electron chi connectivity index (χ2n) is 3.94. The molecule has 0 rings (SSSR count). The highest BCUT2D eigenvalue weighted by Crippen LogP contribution is 2.21. The summed E-state index contributed by atoms with van der Waals surface area (Å²) in [6.07, 6.45) is 6.57. The third-order valence-electron chi connectivity index (χ3n) is 2.43. The fourth-order valence-electron chi connectivity index (χ4n) is 1.85. The number of halogens is 1. The van der Waals surface area contributed by atoms with Crippen molar-refractivity contribution in [3.63, 3.8) is 0 Å². The van der Waals surface area contributed by atoms with Crippen LogP contribution in [0.1, 0.15) is 52.9 Å². The number of hydrogen-bond donors (Lipinski definition) is 0. The van der Waals surface area contributed by atoms with Crippen LogP contribution in [0, 0.1) is 11.8 Å². The first-order chi connectivity index (χ1) is 5.74. The van der Waals surface area contributed by atoms with Gasteiger partial charge in [-0.25, -0.2) is 0 Å². The fourth-order valence-corrected chi connectivity index (χ4v) is 2.13. The van der Waals surface area contributed by atoms with Gasteiger partial charge in [0, 0.05) is 5.88 Å². The fraction of sp³-hybridized carbons (Fsp3) is 1.00. The summed E-state index contributed by atoms with van der Waals surface area (Å²) < 4.78 is 0. The third-order valence-corrected chi connectivity index (χ3v) is 2.87. The van der Waals surface area contributed by atoms with Gasteiger partial charge in [-0.1, -0.05) is 40.0 Å². The molecule has 0 spiro atoms. The van der Waals surface area contributed by atoms with Gasteiger partial charge < -0.3 is 0 Å². The molecule has 0 fully saturated rings. The summed E-state index contributed by atoms with van der Waals surface area (Å²) in [6.45, 7) is 6.84. The molecule has 0 heterocycles. The lowest BCUT2D eigenvalue weighted by Crippen LogP contribution is -2.07. The van der Waals surface area contributed by atoms with Gasteiger partial charge in [0.1, 0.15) is 0 Å². The maximum absolute atomic E-state index is 5.89. The molecule has 0 N–H and O–H groups in total. The predicted molar refractivity (Wildman–Crippen MR) is 57.8 cm³/mol. The SMILES string of the molecule is CCCC(C)CC(CCl)CCC. The van der Waals surface area contributed by atoms with Crippen LogP contribution in [0.3, 0.4) is 0 Å². The molecule has 0 aliphatic heterocycles. The lowest BCUT2D eigenvalue weighted by molar-refractivity contribution is 0.376. The molecule has 12 heavy (non-hydrogen) atoms. The molecule has 0 nitrogen and oxygen atoms in total. The maximum Gasteiger partial charge on any atom is 0.0251 e. The van der Waals surface area contributed by atoms with Crippen molar-refractivity contribution in [1.82, 2.24) is 0 Å². The Morgan fingerprint density at radius 3 is 2.08 bits per heavy atom. The molecule has 0 aromatic heterocycles. The highest BCUT2D eigenvalue weighted by molar-refractivity contribution is 6.18. The zero-order valence-corrected chi connectivity index (χ0v) is 9.53. The predicted octanol–water partition coefficient (Wildman–Crippen LogP) is 4.47. The Bertz CT molecular complexity index is 91.0. The van der Waals surface area contributed by atoms with Crippen molar-refractivity contribution in [2.45, 2.75) is 52.9 Å². The molecule has 0 aliphatic carbocycles. The molecule has 0 radical (unpaired) electrons. The minimum absolute atomic E-state index is 0.762. The van der Waals surface area contributed by atoms with Gasteiger partial charge in [-0.2, -0.15) is 0 Å². The van der Waals surface area contributed by atoms with Gasteiger partial charge in [-0.05, 0) is 24.7 Å². The van der Waals surface area contributed by atoms with Crippen LogP contribution in [0.4, 0.5) is 0 Å². The van der Waals surface area contributed by atoms with E-state index in [-0.39, 0.29) is 0 Å². The van der Waals surface area contributed by atoms with E-state index in [0.717, 1.165) is 17.7 Å². The third kappa shape index (κ3) is 5.88. The normalized spacial score (nSPS) is 16.0. The van der Waals surface area contributed by atoms with E-state index in [2.05, 4.69) is 20.8 Å². The molecule has 0 bridgehead atoms. The van der Waals surface area contributed by atoms with Crippen molar-refractivity contribution in [1.29, 1.82) is 0 Å². The summed E-state index contributed by atoms with van der Waals surface area (Å²) in [4.78, 5) is 0. The number of hydrogen-bond acceptors (Lipinski definition) is 0. The molecular formula is C11H23Cl. The maximum atomic E-state index is 5.89. The summed E-state index contributed by atoms with van der Waals surface area (Å²) in [5, 5.41) is 0. The van der Waals surface area contributed by atoms with Crippen LogP contribution in [0.15, 0.2) is 0 Å². The molecule has 1 heteroatoms. The van der Waals surface area contributed by atoms with Crippen molar-refractivity contribution in [2.24, 2.45) is 11.8 Å². The van der Waals surface area contributed by atoms with Gasteiger partial charge in [0.05, 0.1) is 0 Å². The zero-order chi connectivity index (χ0) is 9.40. The van der Waals surface area contributed by atoms with Crippen molar-refractivity contribution >= 4 is 11.6 Å². The van der Waals surface area contributed by atoms with E-state index in [1.165, 1.54) is 32.1 Å².